The molecule has 0 N–H and O–H groups in total. The summed E-state index contributed by atoms with van der Waals surface area (Å²) in [5.41, 5.74) is 3.72. The number of benzene rings is 4. The lowest BCUT2D eigenvalue weighted by molar-refractivity contribution is 0.482. The molecular weight excluding hydrogens is 347 g/mol. The van der Waals surface area contributed by atoms with Crippen molar-refractivity contribution in [1.29, 1.82) is 0 Å². The number of ether oxygens (including phenoxy) is 1. The molecule has 1 atom stereocenters. The van der Waals surface area contributed by atoms with E-state index in [1.165, 1.54) is 27.3 Å². The zero-order valence-corrected chi connectivity index (χ0v) is 16.2. The van der Waals surface area contributed by atoms with Crippen LogP contribution in [0.2, 0.25) is 0 Å². The van der Waals surface area contributed by atoms with Crippen molar-refractivity contribution in [2.45, 2.75) is 6.92 Å². The highest BCUT2D eigenvalue weighted by Crippen LogP contribution is 2.27. The van der Waals surface area contributed by atoms with Crippen LogP contribution in [0, 0.1) is 6.92 Å². The molecule has 27 heavy (non-hydrogen) atoms. The Morgan fingerprint density at radius 2 is 1.19 bits per heavy atom. The molecule has 0 aliphatic heterocycles. The van der Waals surface area contributed by atoms with Crippen LogP contribution >= 0.6 is 8.58 Å². The summed E-state index contributed by atoms with van der Waals surface area (Å²) in [4.78, 5) is 0. The summed E-state index contributed by atoms with van der Waals surface area (Å²) in [6.45, 7) is 2.08. The minimum Gasteiger partial charge on any atom is -0.457 e. The van der Waals surface area contributed by atoms with Crippen LogP contribution in [0.4, 0.5) is 0 Å². The van der Waals surface area contributed by atoms with E-state index < -0.39 is 0 Å². The summed E-state index contributed by atoms with van der Waals surface area (Å²) in [6.07, 6.45) is 0. The van der Waals surface area contributed by atoms with Crippen molar-refractivity contribution in [3.05, 3.63) is 109 Å². The van der Waals surface area contributed by atoms with Gasteiger partial charge >= 0.3 is 0 Å². The van der Waals surface area contributed by atoms with Crippen molar-refractivity contribution in [1.82, 2.24) is 0 Å². The van der Waals surface area contributed by atoms with Crippen LogP contribution in [0.3, 0.4) is 0 Å². The summed E-state index contributed by atoms with van der Waals surface area (Å²) in [7, 11) is 0.644. The molecule has 132 valence electrons. The Kier molecular flexibility index (Phi) is 5.32. The topological polar surface area (TPSA) is 9.23 Å². The summed E-state index contributed by atoms with van der Waals surface area (Å²) in [5.74, 6) is 1.71. The van der Waals surface area contributed by atoms with Gasteiger partial charge in [-0.15, -0.1) is 0 Å². The van der Waals surface area contributed by atoms with Gasteiger partial charge < -0.3 is 4.74 Å². The zero-order chi connectivity index (χ0) is 18.5. The van der Waals surface area contributed by atoms with Gasteiger partial charge in [-0.2, -0.15) is 0 Å². The van der Waals surface area contributed by atoms with Gasteiger partial charge in [0.05, 0.1) is 0 Å². The Morgan fingerprint density at radius 1 is 0.593 bits per heavy atom. The SMILES string of the molecule is Cc1ccc(Oc2ccc(-c3ccccc3Pc3ccccc3)cc2)cc1. The van der Waals surface area contributed by atoms with Crippen LogP contribution in [0.1, 0.15) is 5.56 Å². The lowest BCUT2D eigenvalue weighted by Crippen LogP contribution is -2.05. The number of aryl methyl sites for hydroxylation is 1. The molecule has 0 radical (unpaired) electrons. The molecule has 0 aromatic heterocycles. The first-order chi connectivity index (χ1) is 13.3. The van der Waals surface area contributed by atoms with Crippen molar-refractivity contribution in [2.75, 3.05) is 0 Å². The fraction of sp³-hybridized carbons (Fsp3) is 0.0400. The Balaban J connectivity index is 1.56. The van der Waals surface area contributed by atoms with Crippen molar-refractivity contribution >= 4 is 19.2 Å². The lowest BCUT2D eigenvalue weighted by Gasteiger charge is -2.11. The maximum atomic E-state index is 5.95. The molecule has 0 spiro atoms. The fourth-order valence-corrected chi connectivity index (χ4v) is 4.18. The van der Waals surface area contributed by atoms with E-state index in [1.54, 1.807) is 0 Å². The van der Waals surface area contributed by atoms with E-state index in [0.717, 1.165) is 11.5 Å². The molecule has 4 aromatic carbocycles. The molecule has 1 nitrogen and oxygen atoms in total. The third kappa shape index (κ3) is 4.45. The lowest BCUT2D eigenvalue weighted by atomic mass is 10.1. The van der Waals surface area contributed by atoms with Gasteiger partial charge in [0.15, 0.2) is 0 Å². The van der Waals surface area contributed by atoms with E-state index in [2.05, 4.69) is 85.8 Å². The molecular formula is C25H21OP. The van der Waals surface area contributed by atoms with Gasteiger partial charge in [0.2, 0.25) is 0 Å². The van der Waals surface area contributed by atoms with Gasteiger partial charge in [-0.25, -0.2) is 0 Å². The molecule has 0 aliphatic rings. The molecule has 0 saturated heterocycles. The van der Waals surface area contributed by atoms with E-state index in [4.69, 9.17) is 4.74 Å². The molecule has 4 rings (SSSR count). The second kappa shape index (κ2) is 8.20. The quantitative estimate of drug-likeness (QED) is 0.388. The predicted octanol–water partition coefficient (Wildman–Crippen LogP) is 6.08. The largest absolute Gasteiger partial charge is 0.457 e. The van der Waals surface area contributed by atoms with Crippen LogP contribution in [0.15, 0.2) is 103 Å². The summed E-state index contributed by atoms with van der Waals surface area (Å²) in [6, 6.07) is 35.7. The van der Waals surface area contributed by atoms with E-state index in [-0.39, 0.29) is 0 Å². The first kappa shape index (κ1) is 17.5. The maximum Gasteiger partial charge on any atom is 0.127 e. The van der Waals surface area contributed by atoms with Crippen molar-refractivity contribution in [3.63, 3.8) is 0 Å². The zero-order valence-electron chi connectivity index (χ0n) is 15.2. The predicted molar refractivity (Wildman–Crippen MR) is 117 cm³/mol. The first-order valence-electron chi connectivity index (χ1n) is 9.04. The van der Waals surface area contributed by atoms with E-state index in [0.29, 0.717) is 8.58 Å². The van der Waals surface area contributed by atoms with Crippen molar-refractivity contribution < 1.29 is 4.74 Å². The molecule has 4 aromatic rings. The van der Waals surface area contributed by atoms with Crippen LogP contribution in [0.5, 0.6) is 11.5 Å². The molecule has 0 heterocycles. The molecule has 0 amide bonds. The standard InChI is InChI=1S/C25H21OP/c1-19-11-15-21(16-12-19)26-22-17-13-20(14-18-22)24-9-5-6-10-25(24)27-23-7-3-2-4-8-23/h2-18,27H,1H3. The second-order valence-corrected chi connectivity index (χ2v) is 7.84. The minimum absolute atomic E-state index is 0.644. The second-order valence-electron chi connectivity index (χ2n) is 6.48. The van der Waals surface area contributed by atoms with Gasteiger partial charge in [-0.05, 0) is 52.9 Å². The average molecular weight is 368 g/mol. The van der Waals surface area contributed by atoms with E-state index >= 15 is 0 Å². The first-order valence-corrected chi connectivity index (χ1v) is 10.0. The monoisotopic (exact) mass is 368 g/mol. The maximum absolute atomic E-state index is 5.95. The fourth-order valence-electron chi connectivity index (χ4n) is 2.97. The molecule has 0 saturated carbocycles. The van der Waals surface area contributed by atoms with Gasteiger partial charge in [0.25, 0.3) is 0 Å². The molecule has 2 heteroatoms. The molecule has 0 aliphatic carbocycles. The van der Waals surface area contributed by atoms with Crippen molar-refractivity contribution in [2.24, 2.45) is 0 Å². The highest BCUT2D eigenvalue weighted by molar-refractivity contribution is 7.55. The van der Waals surface area contributed by atoms with Crippen LogP contribution < -0.4 is 15.3 Å². The smallest absolute Gasteiger partial charge is 0.127 e. The van der Waals surface area contributed by atoms with E-state index in [1.807, 2.05) is 24.3 Å². The van der Waals surface area contributed by atoms with Gasteiger partial charge in [-0.3, -0.25) is 0 Å². The van der Waals surface area contributed by atoms with Crippen LogP contribution in [-0.4, -0.2) is 0 Å². The Labute approximate surface area is 162 Å². The normalized spacial score (nSPS) is 11.0. The number of hydrogen-bond acceptors (Lipinski definition) is 1. The summed E-state index contributed by atoms with van der Waals surface area (Å²) < 4.78 is 5.95. The van der Waals surface area contributed by atoms with Crippen molar-refractivity contribution in [3.8, 4) is 22.6 Å². The third-order valence-electron chi connectivity index (χ3n) is 4.40. The molecule has 0 fully saturated rings. The summed E-state index contributed by atoms with van der Waals surface area (Å²) in [5, 5.41) is 2.71. The highest BCUT2D eigenvalue weighted by Gasteiger charge is 2.06. The van der Waals surface area contributed by atoms with E-state index in [9.17, 15) is 0 Å². The van der Waals surface area contributed by atoms with Gasteiger partial charge in [-0.1, -0.05) is 93.0 Å². The van der Waals surface area contributed by atoms with Gasteiger partial charge in [0.1, 0.15) is 11.5 Å². The average Bonchev–Trinajstić information content (AvgIpc) is 2.72. The van der Waals surface area contributed by atoms with Crippen LogP contribution in [0.25, 0.3) is 11.1 Å². The molecule has 1 unspecified atom stereocenters. The minimum atomic E-state index is 0.644. The highest BCUT2D eigenvalue weighted by atomic mass is 31.1. The van der Waals surface area contributed by atoms with Crippen LogP contribution in [-0.2, 0) is 0 Å². The number of hydrogen-bond donors (Lipinski definition) is 0. The Hall–Kier alpha value is -2.89. The Morgan fingerprint density at radius 3 is 1.89 bits per heavy atom. The number of rotatable bonds is 5. The Bertz CT molecular complexity index is 1010. The van der Waals surface area contributed by atoms with Gasteiger partial charge in [0, 0.05) is 0 Å². The molecule has 0 bridgehead atoms. The summed E-state index contributed by atoms with van der Waals surface area (Å²) >= 11 is 0. The third-order valence-corrected chi connectivity index (χ3v) is 5.73.